The van der Waals surface area contributed by atoms with E-state index in [9.17, 15) is 9.59 Å². The molecule has 7 heteroatoms. The second kappa shape index (κ2) is 7.81. The lowest BCUT2D eigenvalue weighted by Crippen LogP contribution is -2.23. The van der Waals surface area contributed by atoms with Crippen molar-refractivity contribution in [3.8, 4) is 11.5 Å². The van der Waals surface area contributed by atoms with E-state index in [0.29, 0.717) is 35.1 Å². The summed E-state index contributed by atoms with van der Waals surface area (Å²) in [6.07, 6.45) is 2.28. The molecule has 25 heavy (non-hydrogen) atoms. The van der Waals surface area contributed by atoms with E-state index in [2.05, 4.69) is 10.4 Å². The van der Waals surface area contributed by atoms with Crippen LogP contribution in [0.3, 0.4) is 0 Å². The van der Waals surface area contributed by atoms with E-state index >= 15 is 0 Å². The lowest BCUT2D eigenvalue weighted by molar-refractivity contribution is -0.116. The molecular formula is C18H16ClN3O3. The molecule has 1 amide bonds. The maximum absolute atomic E-state index is 12.0. The molecule has 0 saturated heterocycles. The highest BCUT2D eigenvalue weighted by Gasteiger charge is 2.08. The predicted molar refractivity (Wildman–Crippen MR) is 95.5 cm³/mol. The second-order valence-corrected chi connectivity index (χ2v) is 5.80. The van der Waals surface area contributed by atoms with Gasteiger partial charge in [-0.25, -0.2) is 4.68 Å². The van der Waals surface area contributed by atoms with E-state index in [4.69, 9.17) is 16.0 Å². The summed E-state index contributed by atoms with van der Waals surface area (Å²) in [7, 11) is 0. The monoisotopic (exact) mass is 357 g/mol. The molecule has 1 aromatic carbocycles. The second-order valence-electron chi connectivity index (χ2n) is 5.39. The van der Waals surface area contributed by atoms with Gasteiger partial charge in [-0.1, -0.05) is 23.7 Å². The van der Waals surface area contributed by atoms with Crippen LogP contribution in [-0.2, 0) is 11.3 Å². The van der Waals surface area contributed by atoms with Crippen molar-refractivity contribution < 1.29 is 9.21 Å². The number of nitrogens with one attached hydrogen (secondary N) is 1. The Labute approximate surface area is 149 Å². The third-order valence-electron chi connectivity index (χ3n) is 3.56. The molecule has 0 atom stereocenters. The molecule has 0 bridgehead atoms. The molecule has 128 valence electrons. The van der Waals surface area contributed by atoms with Gasteiger partial charge < -0.3 is 9.73 Å². The quantitative estimate of drug-likeness (QED) is 0.731. The van der Waals surface area contributed by atoms with Gasteiger partial charge >= 0.3 is 0 Å². The smallest absolute Gasteiger partial charge is 0.266 e. The maximum atomic E-state index is 12.0. The molecule has 0 unspecified atom stereocenters. The summed E-state index contributed by atoms with van der Waals surface area (Å²) < 4.78 is 6.61. The van der Waals surface area contributed by atoms with Gasteiger partial charge in [-0.15, -0.1) is 0 Å². The lowest BCUT2D eigenvalue weighted by atomic mass is 10.2. The number of rotatable bonds is 6. The van der Waals surface area contributed by atoms with E-state index < -0.39 is 0 Å². The molecule has 0 spiro atoms. The Kier molecular flexibility index (Phi) is 5.30. The largest absolute Gasteiger partial charge is 0.463 e. The van der Waals surface area contributed by atoms with E-state index in [0.717, 1.165) is 0 Å². The SMILES string of the molecule is O=C(CCCn1nc(-c2ccco2)ccc1=O)Nc1ccccc1Cl. The van der Waals surface area contributed by atoms with Gasteiger partial charge in [0, 0.05) is 19.0 Å². The van der Waals surface area contributed by atoms with Crippen molar-refractivity contribution in [2.75, 3.05) is 5.32 Å². The Bertz CT molecular complexity index is 919. The fourth-order valence-electron chi connectivity index (χ4n) is 2.33. The first kappa shape index (κ1) is 17.0. The van der Waals surface area contributed by atoms with Crippen molar-refractivity contribution in [2.24, 2.45) is 0 Å². The van der Waals surface area contributed by atoms with Crippen molar-refractivity contribution in [1.82, 2.24) is 9.78 Å². The third-order valence-corrected chi connectivity index (χ3v) is 3.89. The van der Waals surface area contributed by atoms with E-state index in [1.54, 1.807) is 48.7 Å². The Morgan fingerprint density at radius 3 is 2.76 bits per heavy atom. The molecule has 3 aromatic rings. The summed E-state index contributed by atoms with van der Waals surface area (Å²) >= 11 is 6.01. The standard InChI is InChI=1S/C18H16ClN3O3/c19-13-5-1-2-6-14(13)20-17(23)8-3-11-22-18(24)10-9-15(21-22)16-7-4-12-25-16/h1-2,4-7,9-10,12H,3,8,11H2,(H,20,23). The Morgan fingerprint density at radius 1 is 1.16 bits per heavy atom. The third kappa shape index (κ3) is 4.36. The summed E-state index contributed by atoms with van der Waals surface area (Å²) in [6, 6.07) is 13.6. The van der Waals surface area contributed by atoms with E-state index in [-0.39, 0.29) is 17.9 Å². The first-order chi connectivity index (χ1) is 12.1. The zero-order valence-electron chi connectivity index (χ0n) is 13.3. The number of amides is 1. The number of hydrogen-bond acceptors (Lipinski definition) is 4. The minimum Gasteiger partial charge on any atom is -0.463 e. The van der Waals surface area contributed by atoms with Crippen LogP contribution in [-0.4, -0.2) is 15.7 Å². The number of furan rings is 1. The average Bonchev–Trinajstić information content (AvgIpc) is 3.13. The summed E-state index contributed by atoms with van der Waals surface area (Å²) in [4.78, 5) is 23.9. The number of nitrogens with zero attached hydrogens (tertiary/aromatic N) is 2. The van der Waals surface area contributed by atoms with Crippen LogP contribution in [0.2, 0.25) is 5.02 Å². The molecular weight excluding hydrogens is 342 g/mol. The van der Waals surface area contributed by atoms with Crippen molar-refractivity contribution in [1.29, 1.82) is 0 Å². The van der Waals surface area contributed by atoms with Crippen LogP contribution in [0.1, 0.15) is 12.8 Å². The zero-order chi connectivity index (χ0) is 17.6. The fraction of sp³-hybridized carbons (Fsp3) is 0.167. The summed E-state index contributed by atoms with van der Waals surface area (Å²) in [5.41, 5.74) is 0.927. The van der Waals surface area contributed by atoms with E-state index in [1.165, 1.54) is 10.7 Å². The Balaban J connectivity index is 1.58. The number of benzene rings is 1. The van der Waals surface area contributed by atoms with Crippen molar-refractivity contribution >= 4 is 23.2 Å². The molecule has 2 heterocycles. The maximum Gasteiger partial charge on any atom is 0.266 e. The number of anilines is 1. The van der Waals surface area contributed by atoms with Crippen LogP contribution in [0.5, 0.6) is 0 Å². The zero-order valence-corrected chi connectivity index (χ0v) is 14.1. The van der Waals surface area contributed by atoms with Crippen molar-refractivity contribution in [2.45, 2.75) is 19.4 Å². The van der Waals surface area contributed by atoms with Crippen LogP contribution < -0.4 is 10.9 Å². The van der Waals surface area contributed by atoms with Gasteiger partial charge in [0.25, 0.3) is 5.56 Å². The van der Waals surface area contributed by atoms with Crippen LogP contribution in [0.4, 0.5) is 5.69 Å². The molecule has 6 nitrogen and oxygen atoms in total. The van der Waals surface area contributed by atoms with Gasteiger partial charge in [0.15, 0.2) is 5.76 Å². The molecule has 1 N–H and O–H groups in total. The first-order valence-corrected chi connectivity index (χ1v) is 8.18. The molecule has 2 aromatic heterocycles. The molecule has 0 saturated carbocycles. The first-order valence-electron chi connectivity index (χ1n) is 7.80. The number of aryl methyl sites for hydroxylation is 1. The molecule has 3 rings (SSSR count). The van der Waals surface area contributed by atoms with Crippen LogP contribution >= 0.6 is 11.6 Å². The minimum atomic E-state index is -0.221. The topological polar surface area (TPSA) is 77.1 Å². The number of carbonyl (C=O) groups is 1. The van der Waals surface area contributed by atoms with Gasteiger partial charge in [-0.2, -0.15) is 5.10 Å². The van der Waals surface area contributed by atoms with Gasteiger partial charge in [0.1, 0.15) is 5.69 Å². The summed E-state index contributed by atoms with van der Waals surface area (Å²) in [5.74, 6) is 0.425. The highest BCUT2D eigenvalue weighted by atomic mass is 35.5. The number of halogens is 1. The predicted octanol–water partition coefficient (Wildman–Crippen LogP) is 3.58. The molecule has 0 radical (unpaired) electrons. The highest BCUT2D eigenvalue weighted by molar-refractivity contribution is 6.33. The number of aromatic nitrogens is 2. The van der Waals surface area contributed by atoms with Crippen molar-refractivity contribution in [3.05, 3.63) is 70.2 Å². The lowest BCUT2D eigenvalue weighted by Gasteiger charge is -2.08. The molecule has 0 fully saturated rings. The van der Waals surface area contributed by atoms with Gasteiger partial charge in [-0.3, -0.25) is 9.59 Å². The Morgan fingerprint density at radius 2 is 2.00 bits per heavy atom. The fourth-order valence-corrected chi connectivity index (χ4v) is 2.51. The van der Waals surface area contributed by atoms with Gasteiger partial charge in [-0.05, 0) is 36.8 Å². The number of carbonyl (C=O) groups excluding carboxylic acids is 1. The average molecular weight is 358 g/mol. The molecule has 0 aliphatic carbocycles. The highest BCUT2D eigenvalue weighted by Crippen LogP contribution is 2.20. The van der Waals surface area contributed by atoms with Crippen LogP contribution in [0.15, 0.2) is 64.0 Å². The summed E-state index contributed by atoms with van der Waals surface area (Å²) in [5, 5.41) is 7.50. The number of hydrogen-bond donors (Lipinski definition) is 1. The molecule has 0 aliphatic rings. The van der Waals surface area contributed by atoms with Crippen LogP contribution in [0.25, 0.3) is 11.5 Å². The van der Waals surface area contributed by atoms with Crippen LogP contribution in [0, 0.1) is 0 Å². The molecule has 0 aliphatic heterocycles. The number of para-hydroxylation sites is 1. The normalized spacial score (nSPS) is 10.6. The van der Waals surface area contributed by atoms with Gasteiger partial charge in [0.05, 0.1) is 17.0 Å². The van der Waals surface area contributed by atoms with E-state index in [1.807, 2.05) is 0 Å². The minimum absolute atomic E-state index is 0.164. The summed E-state index contributed by atoms with van der Waals surface area (Å²) in [6.45, 7) is 0.337. The Hall–Kier alpha value is -2.86. The van der Waals surface area contributed by atoms with Crippen molar-refractivity contribution in [3.63, 3.8) is 0 Å². The van der Waals surface area contributed by atoms with Gasteiger partial charge in [0.2, 0.25) is 5.91 Å².